The number of fused-ring (bicyclic) bond motifs is 1. The van der Waals surface area contributed by atoms with Gasteiger partial charge in [-0.05, 0) is 88.2 Å². The van der Waals surface area contributed by atoms with Crippen molar-refractivity contribution in [3.05, 3.63) is 62.8 Å². The largest absolute Gasteiger partial charge is 0.416 e. The summed E-state index contributed by atoms with van der Waals surface area (Å²) in [5.74, 6) is 1.11. The molecule has 0 spiro atoms. The van der Waals surface area contributed by atoms with Gasteiger partial charge in [-0.25, -0.2) is 4.98 Å². The van der Waals surface area contributed by atoms with E-state index in [0.717, 1.165) is 93.6 Å². The lowest BCUT2D eigenvalue weighted by molar-refractivity contribution is -0.137. The molecular weight excluding hydrogens is 391 g/mol. The van der Waals surface area contributed by atoms with Crippen molar-refractivity contribution >= 4 is 0 Å². The number of halogens is 3. The molecule has 162 valence electrons. The molecule has 30 heavy (non-hydrogen) atoms. The van der Waals surface area contributed by atoms with E-state index in [4.69, 9.17) is 0 Å². The highest BCUT2D eigenvalue weighted by Gasteiger charge is 2.30. The Morgan fingerprint density at radius 1 is 1.07 bits per heavy atom. The highest BCUT2D eigenvalue weighted by Crippen LogP contribution is 2.33. The van der Waals surface area contributed by atoms with E-state index in [2.05, 4.69) is 14.9 Å². The van der Waals surface area contributed by atoms with Crippen LogP contribution < -0.4 is 5.56 Å². The van der Waals surface area contributed by atoms with E-state index in [1.807, 2.05) is 0 Å². The van der Waals surface area contributed by atoms with Gasteiger partial charge in [-0.15, -0.1) is 0 Å². The molecule has 1 N–H and O–H groups in total. The second-order valence-corrected chi connectivity index (χ2v) is 8.48. The van der Waals surface area contributed by atoms with E-state index in [0.29, 0.717) is 5.92 Å². The molecule has 0 bridgehead atoms. The Bertz CT molecular complexity index is 913. The highest BCUT2D eigenvalue weighted by molar-refractivity contribution is 5.27. The van der Waals surface area contributed by atoms with Crippen molar-refractivity contribution in [1.82, 2.24) is 14.9 Å². The number of hydrogen-bond donors (Lipinski definition) is 1. The minimum Gasteiger partial charge on any atom is -0.310 e. The Kier molecular flexibility index (Phi) is 6.27. The molecular formula is C23H28F3N3O. The molecule has 4 rings (SSSR count). The van der Waals surface area contributed by atoms with E-state index in [1.165, 1.54) is 12.1 Å². The first kappa shape index (κ1) is 21.1. The first-order valence-corrected chi connectivity index (χ1v) is 10.9. The fourth-order valence-corrected chi connectivity index (χ4v) is 4.68. The zero-order valence-electron chi connectivity index (χ0n) is 17.1. The summed E-state index contributed by atoms with van der Waals surface area (Å²) in [6, 6.07) is 5.63. The van der Waals surface area contributed by atoms with E-state index < -0.39 is 11.7 Å². The summed E-state index contributed by atoms with van der Waals surface area (Å²) in [6.07, 6.45) is 3.26. The van der Waals surface area contributed by atoms with E-state index in [9.17, 15) is 18.0 Å². The molecule has 0 unspecified atom stereocenters. The van der Waals surface area contributed by atoms with Crippen molar-refractivity contribution in [2.45, 2.75) is 63.5 Å². The van der Waals surface area contributed by atoms with Crippen LogP contribution in [0.25, 0.3) is 0 Å². The van der Waals surface area contributed by atoms with Crippen LogP contribution in [0.3, 0.4) is 0 Å². The first-order valence-electron chi connectivity index (χ1n) is 10.9. The van der Waals surface area contributed by atoms with E-state index >= 15 is 0 Å². The minimum atomic E-state index is -4.28. The van der Waals surface area contributed by atoms with Gasteiger partial charge in [0.2, 0.25) is 0 Å². The Labute approximate surface area is 174 Å². The molecule has 7 heteroatoms. The lowest BCUT2D eigenvalue weighted by atomic mass is 9.89. The fourth-order valence-electron chi connectivity index (χ4n) is 4.68. The third kappa shape index (κ3) is 4.94. The van der Waals surface area contributed by atoms with Crippen molar-refractivity contribution in [3.8, 4) is 0 Å². The number of hydrogen-bond acceptors (Lipinski definition) is 3. The van der Waals surface area contributed by atoms with Gasteiger partial charge >= 0.3 is 6.18 Å². The van der Waals surface area contributed by atoms with Crippen LogP contribution in [0.1, 0.15) is 66.2 Å². The normalized spacial score (nSPS) is 18.4. The second kappa shape index (κ2) is 8.92. The lowest BCUT2D eigenvalue weighted by Gasteiger charge is -2.32. The van der Waals surface area contributed by atoms with Crippen molar-refractivity contribution in [2.24, 2.45) is 0 Å². The van der Waals surface area contributed by atoms with Crippen LogP contribution in [0.15, 0.2) is 29.1 Å². The molecule has 1 fully saturated rings. The molecule has 0 radical (unpaired) electrons. The van der Waals surface area contributed by atoms with Gasteiger partial charge in [0.05, 0.1) is 11.3 Å². The van der Waals surface area contributed by atoms with Crippen LogP contribution >= 0.6 is 0 Å². The Morgan fingerprint density at radius 2 is 1.77 bits per heavy atom. The average molecular weight is 419 g/mol. The van der Waals surface area contributed by atoms with E-state index in [1.54, 1.807) is 12.1 Å². The number of likely N-dealkylation sites (tertiary alicyclic amines) is 1. The maximum absolute atomic E-state index is 12.7. The number of piperidine rings is 1. The number of benzene rings is 1. The average Bonchev–Trinajstić information content (AvgIpc) is 2.74. The summed E-state index contributed by atoms with van der Waals surface area (Å²) in [7, 11) is 0. The topological polar surface area (TPSA) is 49.0 Å². The van der Waals surface area contributed by atoms with Gasteiger partial charge < -0.3 is 9.88 Å². The summed E-state index contributed by atoms with van der Waals surface area (Å²) in [5, 5.41) is 0. The van der Waals surface area contributed by atoms with Crippen LogP contribution in [0.5, 0.6) is 0 Å². The number of nitrogens with one attached hydrogen (secondary N) is 1. The number of nitrogens with zero attached hydrogens (tertiary/aromatic N) is 2. The Morgan fingerprint density at radius 3 is 2.47 bits per heavy atom. The van der Waals surface area contributed by atoms with Crippen molar-refractivity contribution in [2.75, 3.05) is 19.6 Å². The maximum Gasteiger partial charge on any atom is 0.416 e. The van der Waals surface area contributed by atoms with Gasteiger partial charge in [0.1, 0.15) is 5.82 Å². The summed E-state index contributed by atoms with van der Waals surface area (Å²) in [4.78, 5) is 22.3. The van der Waals surface area contributed by atoms with Gasteiger partial charge in [-0.3, -0.25) is 4.79 Å². The molecule has 0 atom stereocenters. The molecule has 1 aromatic heterocycles. The van der Waals surface area contributed by atoms with Crippen LogP contribution in [0.2, 0.25) is 0 Å². The summed E-state index contributed by atoms with van der Waals surface area (Å²) in [6.45, 7) is 2.83. The monoisotopic (exact) mass is 419 g/mol. The predicted octanol–water partition coefficient (Wildman–Crippen LogP) is 4.48. The molecule has 0 saturated carbocycles. The van der Waals surface area contributed by atoms with Gasteiger partial charge in [-0.1, -0.05) is 12.1 Å². The van der Waals surface area contributed by atoms with Crippen molar-refractivity contribution < 1.29 is 13.2 Å². The Balaban J connectivity index is 1.25. The molecule has 1 aromatic carbocycles. The molecule has 4 nitrogen and oxygen atoms in total. The fraction of sp³-hybridized carbons (Fsp3) is 0.565. The number of aromatic nitrogens is 2. The second-order valence-electron chi connectivity index (χ2n) is 8.48. The van der Waals surface area contributed by atoms with Gasteiger partial charge in [0.15, 0.2) is 0 Å². The maximum atomic E-state index is 12.7. The minimum absolute atomic E-state index is 0.0343. The standard InChI is InChI=1S/C23H28F3N3O/c24-23(25,26)18-9-7-16(8-10-18)17-11-14-29(15-12-17)13-3-6-21-27-20-5-2-1-4-19(20)22(30)28-21/h7-10,17H,1-6,11-15H2,(H,27,28,30). The predicted molar refractivity (Wildman–Crippen MR) is 110 cm³/mol. The van der Waals surface area contributed by atoms with Gasteiger partial charge in [0, 0.05) is 12.0 Å². The Hall–Kier alpha value is -2.15. The molecule has 1 aliphatic heterocycles. The highest BCUT2D eigenvalue weighted by atomic mass is 19.4. The summed E-state index contributed by atoms with van der Waals surface area (Å²) in [5.41, 5.74) is 2.30. The van der Waals surface area contributed by atoms with Gasteiger partial charge in [0.25, 0.3) is 5.56 Å². The van der Waals surface area contributed by atoms with Crippen molar-refractivity contribution in [1.29, 1.82) is 0 Å². The molecule has 1 saturated heterocycles. The quantitative estimate of drug-likeness (QED) is 0.778. The van der Waals surface area contributed by atoms with Crippen LogP contribution in [0.4, 0.5) is 13.2 Å². The molecule has 2 aromatic rings. The van der Waals surface area contributed by atoms with E-state index in [-0.39, 0.29) is 5.56 Å². The molecule has 2 heterocycles. The van der Waals surface area contributed by atoms with Crippen LogP contribution in [0, 0.1) is 0 Å². The number of H-pyrrole nitrogens is 1. The zero-order valence-corrected chi connectivity index (χ0v) is 17.1. The molecule has 2 aliphatic rings. The lowest BCUT2D eigenvalue weighted by Crippen LogP contribution is -2.34. The zero-order chi connectivity index (χ0) is 21.1. The molecule has 0 amide bonds. The summed E-state index contributed by atoms with van der Waals surface area (Å²) < 4.78 is 38.2. The number of aromatic amines is 1. The molecule has 1 aliphatic carbocycles. The van der Waals surface area contributed by atoms with Gasteiger partial charge in [-0.2, -0.15) is 13.2 Å². The van der Waals surface area contributed by atoms with Crippen LogP contribution in [-0.2, 0) is 25.4 Å². The number of rotatable bonds is 5. The third-order valence-corrected chi connectivity index (χ3v) is 6.43. The first-order chi connectivity index (χ1) is 14.4. The SMILES string of the molecule is O=c1[nH]c(CCCN2CCC(c3ccc(C(F)(F)F)cc3)CC2)nc2c1CCCC2. The third-order valence-electron chi connectivity index (χ3n) is 6.43. The van der Waals surface area contributed by atoms with Crippen LogP contribution in [-0.4, -0.2) is 34.5 Å². The number of aryl methyl sites for hydroxylation is 2. The smallest absolute Gasteiger partial charge is 0.310 e. The van der Waals surface area contributed by atoms with Crippen molar-refractivity contribution in [3.63, 3.8) is 0 Å². The summed E-state index contributed by atoms with van der Waals surface area (Å²) >= 11 is 0. The number of alkyl halides is 3.